The minimum Gasteiger partial charge on any atom is -0.390 e. The number of rotatable bonds is 8. The lowest BCUT2D eigenvalue weighted by Crippen LogP contribution is -2.23. The largest absolute Gasteiger partial charge is 0.390 e. The summed E-state index contributed by atoms with van der Waals surface area (Å²) in [6.07, 6.45) is 8.50. The molecule has 2 unspecified atom stereocenters. The number of fused-ring (bicyclic) bond motifs is 1. The molecule has 0 saturated heterocycles. The first kappa shape index (κ1) is 22.5. The molecule has 0 aromatic carbocycles. The Labute approximate surface area is 199 Å². The molecule has 176 valence electrons. The lowest BCUT2D eigenvalue weighted by molar-refractivity contribution is 0.0534. The van der Waals surface area contributed by atoms with Crippen molar-refractivity contribution in [2.75, 3.05) is 17.2 Å². The van der Waals surface area contributed by atoms with E-state index in [1.807, 2.05) is 40.0 Å². The minimum atomic E-state index is -0.622. The lowest BCUT2D eigenvalue weighted by Gasteiger charge is -2.22. The van der Waals surface area contributed by atoms with Crippen LogP contribution < -0.4 is 10.6 Å². The van der Waals surface area contributed by atoms with Crippen LogP contribution in [-0.2, 0) is 0 Å². The Morgan fingerprint density at radius 2 is 1.85 bits per heavy atom. The molecule has 3 aromatic rings. The van der Waals surface area contributed by atoms with Crippen LogP contribution in [0.2, 0.25) is 0 Å². The van der Waals surface area contributed by atoms with E-state index >= 15 is 0 Å². The number of aromatic nitrogens is 4. The lowest BCUT2D eigenvalue weighted by atomic mass is 9.92. The standard InChI is InChI=1S/C25H34N6OS/c1-14-20(23-30-21-15(2)26-10-9-19(21)33-23)22(31-24(28-14)27-13-16-5-6-16)29-18-8-7-17(11-18)12-25(3,4)32/h9-10,16-18,32H,5-8,11-13H2,1-4H3,(H2,27,28,29,31). The third kappa shape index (κ3) is 5.27. The minimum absolute atomic E-state index is 0.333. The Hall–Kier alpha value is -2.32. The van der Waals surface area contributed by atoms with Gasteiger partial charge in [-0.2, -0.15) is 4.98 Å². The van der Waals surface area contributed by atoms with Gasteiger partial charge in [0, 0.05) is 18.8 Å². The average Bonchev–Trinajstić information content (AvgIpc) is 3.31. The van der Waals surface area contributed by atoms with Crippen molar-refractivity contribution >= 4 is 33.3 Å². The summed E-state index contributed by atoms with van der Waals surface area (Å²) in [6, 6.07) is 2.36. The van der Waals surface area contributed by atoms with Gasteiger partial charge in [0.15, 0.2) is 0 Å². The third-order valence-electron chi connectivity index (χ3n) is 6.71. The fraction of sp³-hybridized carbons (Fsp3) is 0.600. The summed E-state index contributed by atoms with van der Waals surface area (Å²) in [7, 11) is 0. The van der Waals surface area contributed by atoms with Gasteiger partial charge in [-0.15, -0.1) is 11.3 Å². The number of hydrogen-bond donors (Lipinski definition) is 3. The van der Waals surface area contributed by atoms with Crippen LogP contribution in [0.1, 0.15) is 63.8 Å². The SMILES string of the molecule is Cc1nc(NCC2CC2)nc(NC2CCC(CC(C)(C)O)C2)c1-c1nc2c(C)nccc2s1. The Bertz CT molecular complexity index is 1150. The highest BCUT2D eigenvalue weighted by atomic mass is 32.1. The molecule has 7 nitrogen and oxygen atoms in total. The summed E-state index contributed by atoms with van der Waals surface area (Å²) in [5, 5.41) is 18.4. The summed E-state index contributed by atoms with van der Waals surface area (Å²) in [6.45, 7) is 8.79. The van der Waals surface area contributed by atoms with E-state index in [9.17, 15) is 5.11 Å². The summed E-state index contributed by atoms with van der Waals surface area (Å²) in [4.78, 5) is 19.1. The second-order valence-electron chi connectivity index (χ2n) is 10.5. The van der Waals surface area contributed by atoms with Crippen molar-refractivity contribution in [1.29, 1.82) is 0 Å². The van der Waals surface area contributed by atoms with Gasteiger partial charge in [0.05, 0.1) is 27.3 Å². The van der Waals surface area contributed by atoms with Gasteiger partial charge < -0.3 is 15.7 Å². The number of thiazole rings is 1. The molecular weight excluding hydrogens is 432 g/mol. The van der Waals surface area contributed by atoms with Gasteiger partial charge in [-0.05, 0) is 84.1 Å². The van der Waals surface area contributed by atoms with E-state index in [1.54, 1.807) is 11.3 Å². The molecule has 0 amide bonds. The first-order valence-electron chi connectivity index (χ1n) is 12.1. The highest BCUT2D eigenvalue weighted by Crippen LogP contribution is 2.39. The summed E-state index contributed by atoms with van der Waals surface area (Å²) >= 11 is 1.67. The highest BCUT2D eigenvalue weighted by molar-refractivity contribution is 7.21. The van der Waals surface area contributed by atoms with Gasteiger partial charge in [0.1, 0.15) is 16.3 Å². The van der Waals surface area contributed by atoms with Crippen molar-refractivity contribution in [3.63, 3.8) is 0 Å². The number of pyridine rings is 1. The summed E-state index contributed by atoms with van der Waals surface area (Å²) < 4.78 is 1.13. The molecule has 2 atom stereocenters. The van der Waals surface area contributed by atoms with E-state index in [2.05, 4.69) is 15.6 Å². The number of nitrogens with one attached hydrogen (secondary N) is 2. The van der Waals surface area contributed by atoms with E-state index < -0.39 is 5.60 Å². The van der Waals surface area contributed by atoms with Crippen LogP contribution in [0.3, 0.4) is 0 Å². The molecule has 0 spiro atoms. The van der Waals surface area contributed by atoms with Crippen molar-refractivity contribution in [3.05, 3.63) is 23.7 Å². The molecule has 3 aromatic heterocycles. The van der Waals surface area contributed by atoms with Crippen molar-refractivity contribution in [3.8, 4) is 10.6 Å². The number of hydrogen-bond acceptors (Lipinski definition) is 8. The quantitative estimate of drug-likeness (QED) is 0.413. The van der Waals surface area contributed by atoms with E-state index in [0.717, 1.165) is 76.1 Å². The molecule has 2 saturated carbocycles. The maximum Gasteiger partial charge on any atom is 0.224 e. The topological polar surface area (TPSA) is 95.9 Å². The zero-order chi connectivity index (χ0) is 23.2. The first-order chi connectivity index (χ1) is 15.7. The van der Waals surface area contributed by atoms with Crippen LogP contribution >= 0.6 is 11.3 Å². The number of aryl methyl sites for hydroxylation is 2. The van der Waals surface area contributed by atoms with E-state index in [4.69, 9.17) is 15.0 Å². The second kappa shape index (κ2) is 8.80. The fourth-order valence-electron chi connectivity index (χ4n) is 4.95. The van der Waals surface area contributed by atoms with Gasteiger partial charge in [0.2, 0.25) is 5.95 Å². The molecule has 8 heteroatoms. The smallest absolute Gasteiger partial charge is 0.224 e. The predicted molar refractivity (Wildman–Crippen MR) is 135 cm³/mol. The first-order valence-corrected chi connectivity index (χ1v) is 12.9. The molecule has 33 heavy (non-hydrogen) atoms. The van der Waals surface area contributed by atoms with Gasteiger partial charge in [-0.1, -0.05) is 0 Å². The van der Waals surface area contributed by atoms with Crippen LogP contribution in [0, 0.1) is 25.7 Å². The number of nitrogens with zero attached hydrogens (tertiary/aromatic N) is 4. The van der Waals surface area contributed by atoms with Gasteiger partial charge in [0.25, 0.3) is 0 Å². The monoisotopic (exact) mass is 466 g/mol. The van der Waals surface area contributed by atoms with Crippen molar-refractivity contribution in [1.82, 2.24) is 19.9 Å². The van der Waals surface area contributed by atoms with Crippen molar-refractivity contribution in [2.45, 2.75) is 77.9 Å². The number of anilines is 2. The van der Waals surface area contributed by atoms with Crippen LogP contribution in [0.4, 0.5) is 11.8 Å². The summed E-state index contributed by atoms with van der Waals surface area (Å²) in [5.41, 5.74) is 3.18. The van der Waals surface area contributed by atoms with Crippen LogP contribution in [0.25, 0.3) is 20.8 Å². The molecular formula is C25H34N6OS. The summed E-state index contributed by atoms with van der Waals surface area (Å²) in [5.74, 6) is 2.83. The zero-order valence-electron chi connectivity index (χ0n) is 20.0. The molecule has 0 bridgehead atoms. The van der Waals surface area contributed by atoms with Crippen LogP contribution in [-0.4, -0.2) is 43.2 Å². The zero-order valence-corrected chi connectivity index (χ0v) is 20.8. The molecule has 3 N–H and O–H groups in total. The van der Waals surface area contributed by atoms with Crippen molar-refractivity contribution < 1.29 is 5.11 Å². The molecule has 0 radical (unpaired) electrons. The molecule has 2 aliphatic carbocycles. The van der Waals surface area contributed by atoms with Crippen molar-refractivity contribution in [2.24, 2.45) is 11.8 Å². The molecule has 2 fully saturated rings. The van der Waals surface area contributed by atoms with Crippen LogP contribution in [0.15, 0.2) is 12.3 Å². The number of aliphatic hydroxyl groups is 1. The fourth-order valence-corrected chi connectivity index (χ4v) is 6.06. The van der Waals surface area contributed by atoms with Crippen LogP contribution in [0.5, 0.6) is 0 Å². The van der Waals surface area contributed by atoms with Gasteiger partial charge >= 0.3 is 0 Å². The van der Waals surface area contributed by atoms with Gasteiger partial charge in [-0.3, -0.25) is 4.98 Å². The molecule has 2 aliphatic rings. The third-order valence-corrected chi connectivity index (χ3v) is 7.75. The second-order valence-corrected chi connectivity index (χ2v) is 11.5. The Morgan fingerprint density at radius 3 is 2.58 bits per heavy atom. The predicted octanol–water partition coefficient (Wildman–Crippen LogP) is 5.33. The Kier molecular flexibility index (Phi) is 5.99. The maximum absolute atomic E-state index is 10.3. The average molecular weight is 467 g/mol. The Morgan fingerprint density at radius 1 is 1.06 bits per heavy atom. The molecule has 0 aliphatic heterocycles. The molecule has 5 rings (SSSR count). The molecule has 3 heterocycles. The van der Waals surface area contributed by atoms with Gasteiger partial charge in [-0.25, -0.2) is 9.97 Å². The van der Waals surface area contributed by atoms with E-state index in [-0.39, 0.29) is 0 Å². The normalized spacial score (nSPS) is 21.0. The van der Waals surface area contributed by atoms with E-state index in [0.29, 0.717) is 17.9 Å². The Balaban J connectivity index is 1.46. The highest BCUT2D eigenvalue weighted by Gasteiger charge is 2.30. The van der Waals surface area contributed by atoms with E-state index in [1.165, 1.54) is 12.8 Å². The maximum atomic E-state index is 10.3.